The van der Waals surface area contributed by atoms with E-state index in [-0.39, 0.29) is 17.9 Å². The Bertz CT molecular complexity index is 517. The lowest BCUT2D eigenvalue weighted by atomic mass is 10.2. The summed E-state index contributed by atoms with van der Waals surface area (Å²) < 4.78 is 0.963. The highest BCUT2D eigenvalue weighted by atomic mass is 79.9. The monoisotopic (exact) mass is 354 g/mol. The van der Waals surface area contributed by atoms with Gasteiger partial charge in [0.2, 0.25) is 11.8 Å². The molecule has 116 valence electrons. The van der Waals surface area contributed by atoms with Gasteiger partial charge in [-0.3, -0.25) is 9.59 Å². The molecular weight excluding hydrogens is 332 g/mol. The molecule has 0 heterocycles. The molecule has 0 radical (unpaired) electrons. The van der Waals surface area contributed by atoms with Crippen molar-refractivity contribution in [1.82, 2.24) is 4.90 Å². The van der Waals surface area contributed by atoms with E-state index >= 15 is 0 Å². The molecule has 1 aromatic carbocycles. The van der Waals surface area contributed by atoms with Crippen molar-refractivity contribution in [2.45, 2.75) is 46.6 Å². The largest absolute Gasteiger partial charge is 0.340 e. The number of hydrogen-bond acceptors (Lipinski definition) is 2. The molecule has 1 rings (SSSR count). The molecule has 1 N–H and O–H groups in total. The Morgan fingerprint density at radius 2 is 2.05 bits per heavy atom. The zero-order chi connectivity index (χ0) is 16.0. The fourth-order valence-corrected chi connectivity index (χ4v) is 2.40. The van der Waals surface area contributed by atoms with Gasteiger partial charge < -0.3 is 10.2 Å². The molecule has 5 heteroatoms. The second-order valence-corrected chi connectivity index (χ2v) is 6.09. The minimum absolute atomic E-state index is 0.00947. The number of nitrogens with zero attached hydrogens (tertiary/aromatic N) is 1. The van der Waals surface area contributed by atoms with E-state index in [1.54, 1.807) is 11.8 Å². The van der Waals surface area contributed by atoms with Gasteiger partial charge in [-0.05, 0) is 38.0 Å². The molecule has 1 atom stereocenters. The lowest BCUT2D eigenvalue weighted by molar-refractivity contribution is -0.131. The molecular formula is C16H23BrN2O2. The predicted molar refractivity (Wildman–Crippen MR) is 89.3 cm³/mol. The summed E-state index contributed by atoms with van der Waals surface area (Å²) in [6.45, 7) is 8.01. The van der Waals surface area contributed by atoms with Crippen LogP contribution in [0.4, 0.5) is 5.69 Å². The lowest BCUT2D eigenvalue weighted by Crippen LogP contribution is -2.38. The summed E-state index contributed by atoms with van der Waals surface area (Å²) >= 11 is 3.44. The number of nitrogens with one attached hydrogen (secondary N) is 1. The van der Waals surface area contributed by atoms with Crippen LogP contribution in [0.5, 0.6) is 0 Å². The van der Waals surface area contributed by atoms with Gasteiger partial charge >= 0.3 is 0 Å². The van der Waals surface area contributed by atoms with Gasteiger partial charge in [-0.15, -0.1) is 0 Å². The van der Waals surface area contributed by atoms with Crippen LogP contribution in [0.15, 0.2) is 22.7 Å². The maximum atomic E-state index is 12.0. The molecule has 0 aliphatic rings. The van der Waals surface area contributed by atoms with E-state index in [1.165, 1.54) is 0 Å². The van der Waals surface area contributed by atoms with Gasteiger partial charge in [0.15, 0.2) is 0 Å². The molecule has 2 amide bonds. The average molecular weight is 355 g/mol. The third kappa shape index (κ3) is 5.50. The molecule has 0 bridgehead atoms. The smallest absolute Gasteiger partial charge is 0.226 e. The highest BCUT2D eigenvalue weighted by Gasteiger charge is 2.16. The second kappa shape index (κ2) is 8.17. The summed E-state index contributed by atoms with van der Waals surface area (Å²) in [5.74, 6) is -0.0736. The number of anilines is 1. The third-order valence-corrected chi connectivity index (χ3v) is 4.42. The highest BCUT2D eigenvalue weighted by molar-refractivity contribution is 9.10. The van der Waals surface area contributed by atoms with Gasteiger partial charge in [-0.2, -0.15) is 0 Å². The van der Waals surface area contributed by atoms with Gasteiger partial charge in [0.1, 0.15) is 0 Å². The van der Waals surface area contributed by atoms with Crippen LogP contribution >= 0.6 is 15.9 Å². The third-order valence-electron chi connectivity index (χ3n) is 3.56. The summed E-state index contributed by atoms with van der Waals surface area (Å²) in [5, 5.41) is 2.85. The van der Waals surface area contributed by atoms with Crippen molar-refractivity contribution in [2.24, 2.45) is 0 Å². The standard InChI is InChI=1S/C16H23BrN2O2/c1-5-12(3)19(13(4)20)9-8-16(21)18-14-7-6-11(2)15(17)10-14/h6-7,10,12H,5,8-9H2,1-4H3,(H,18,21). The van der Waals surface area contributed by atoms with Crippen molar-refractivity contribution in [3.05, 3.63) is 28.2 Å². The SMILES string of the molecule is CCC(C)N(CCC(=O)Nc1ccc(C)c(Br)c1)C(C)=O. The predicted octanol–water partition coefficient (Wildman–Crippen LogP) is 3.73. The molecule has 4 nitrogen and oxygen atoms in total. The molecule has 0 saturated carbocycles. The number of halogens is 1. The molecule has 1 unspecified atom stereocenters. The van der Waals surface area contributed by atoms with E-state index in [2.05, 4.69) is 21.2 Å². The first-order valence-electron chi connectivity index (χ1n) is 7.18. The molecule has 0 aliphatic heterocycles. The first-order valence-corrected chi connectivity index (χ1v) is 7.97. The first-order chi connectivity index (χ1) is 9.85. The zero-order valence-corrected chi connectivity index (χ0v) is 14.7. The minimum atomic E-state index is -0.0830. The van der Waals surface area contributed by atoms with E-state index in [1.807, 2.05) is 39.0 Å². The van der Waals surface area contributed by atoms with Crippen LogP contribution in [0.25, 0.3) is 0 Å². The van der Waals surface area contributed by atoms with E-state index in [9.17, 15) is 9.59 Å². The number of carbonyl (C=O) groups is 2. The van der Waals surface area contributed by atoms with Crippen LogP contribution in [0.1, 0.15) is 39.2 Å². The van der Waals surface area contributed by atoms with Crippen molar-refractivity contribution in [3.63, 3.8) is 0 Å². The minimum Gasteiger partial charge on any atom is -0.340 e. The average Bonchev–Trinajstić information content (AvgIpc) is 2.42. The fourth-order valence-electron chi connectivity index (χ4n) is 2.02. The van der Waals surface area contributed by atoms with Crippen molar-refractivity contribution >= 4 is 33.4 Å². The van der Waals surface area contributed by atoms with Gasteiger partial charge in [0.05, 0.1) is 0 Å². The maximum absolute atomic E-state index is 12.0. The first kappa shape index (κ1) is 17.7. The zero-order valence-electron chi connectivity index (χ0n) is 13.1. The number of hydrogen-bond donors (Lipinski definition) is 1. The van der Waals surface area contributed by atoms with Crippen LogP contribution in [0.2, 0.25) is 0 Å². The van der Waals surface area contributed by atoms with Crippen molar-refractivity contribution in [2.75, 3.05) is 11.9 Å². The molecule has 0 spiro atoms. The molecule has 0 saturated heterocycles. The van der Waals surface area contributed by atoms with Crippen LogP contribution in [0.3, 0.4) is 0 Å². The summed E-state index contributed by atoms with van der Waals surface area (Å²) in [4.78, 5) is 25.3. The van der Waals surface area contributed by atoms with Crippen molar-refractivity contribution < 1.29 is 9.59 Å². The number of rotatable bonds is 6. The van der Waals surface area contributed by atoms with E-state index < -0.39 is 0 Å². The number of benzene rings is 1. The summed E-state index contributed by atoms with van der Waals surface area (Å²) in [5.41, 5.74) is 1.88. The number of aryl methyl sites for hydroxylation is 1. The maximum Gasteiger partial charge on any atom is 0.226 e. The van der Waals surface area contributed by atoms with E-state index in [4.69, 9.17) is 0 Å². The lowest BCUT2D eigenvalue weighted by Gasteiger charge is -2.27. The quantitative estimate of drug-likeness (QED) is 0.845. The summed E-state index contributed by atoms with van der Waals surface area (Å²) in [6.07, 6.45) is 1.18. The Morgan fingerprint density at radius 1 is 1.38 bits per heavy atom. The fraction of sp³-hybridized carbons (Fsp3) is 0.500. The highest BCUT2D eigenvalue weighted by Crippen LogP contribution is 2.20. The Labute approximate surface area is 135 Å². The topological polar surface area (TPSA) is 49.4 Å². The summed E-state index contributed by atoms with van der Waals surface area (Å²) in [7, 11) is 0. The molecule has 1 aromatic rings. The van der Waals surface area contributed by atoms with E-state index in [0.29, 0.717) is 13.0 Å². The van der Waals surface area contributed by atoms with Gasteiger partial charge in [0, 0.05) is 36.1 Å². The number of amides is 2. The molecule has 0 fully saturated rings. The van der Waals surface area contributed by atoms with E-state index in [0.717, 1.165) is 22.1 Å². The number of carbonyl (C=O) groups excluding carboxylic acids is 2. The summed E-state index contributed by atoms with van der Waals surface area (Å²) in [6, 6.07) is 5.85. The molecule has 0 aliphatic carbocycles. The van der Waals surface area contributed by atoms with Crippen LogP contribution < -0.4 is 5.32 Å². The Kier molecular flexibility index (Phi) is 6.89. The van der Waals surface area contributed by atoms with Crippen LogP contribution in [0, 0.1) is 6.92 Å². The second-order valence-electron chi connectivity index (χ2n) is 5.23. The van der Waals surface area contributed by atoms with Gasteiger partial charge in [-0.25, -0.2) is 0 Å². The molecule has 0 aromatic heterocycles. The molecule has 21 heavy (non-hydrogen) atoms. The van der Waals surface area contributed by atoms with Crippen molar-refractivity contribution in [1.29, 1.82) is 0 Å². The Morgan fingerprint density at radius 3 is 2.57 bits per heavy atom. The van der Waals surface area contributed by atoms with Crippen LogP contribution in [-0.2, 0) is 9.59 Å². The van der Waals surface area contributed by atoms with Gasteiger partial charge in [-0.1, -0.05) is 28.9 Å². The van der Waals surface area contributed by atoms with Crippen molar-refractivity contribution in [3.8, 4) is 0 Å². The normalized spacial score (nSPS) is 11.9. The Balaban J connectivity index is 2.56. The Hall–Kier alpha value is -1.36. The van der Waals surface area contributed by atoms with Crippen LogP contribution in [-0.4, -0.2) is 29.3 Å². The van der Waals surface area contributed by atoms with Gasteiger partial charge in [0.25, 0.3) is 0 Å².